The summed E-state index contributed by atoms with van der Waals surface area (Å²) in [6.07, 6.45) is 1.19. The largest absolute Gasteiger partial charge is 0.389 e. The van der Waals surface area contributed by atoms with Crippen LogP contribution in [0.15, 0.2) is 18.2 Å². The summed E-state index contributed by atoms with van der Waals surface area (Å²) < 4.78 is 0. The zero-order valence-electron chi connectivity index (χ0n) is 12.0. The molecule has 1 aliphatic heterocycles. The van der Waals surface area contributed by atoms with Crippen LogP contribution in [0.3, 0.4) is 0 Å². The Morgan fingerprint density at radius 2 is 2.16 bits per heavy atom. The third-order valence-electron chi connectivity index (χ3n) is 4.09. The summed E-state index contributed by atoms with van der Waals surface area (Å²) in [6, 6.07) is 7.03. The van der Waals surface area contributed by atoms with Crippen LogP contribution in [0.25, 0.3) is 0 Å². The molecule has 0 aromatic heterocycles. The van der Waals surface area contributed by atoms with Crippen LogP contribution in [0.2, 0.25) is 0 Å². The molecule has 3 nitrogen and oxygen atoms in total. The summed E-state index contributed by atoms with van der Waals surface area (Å²) in [5.74, 6) is 0. The highest BCUT2D eigenvalue weighted by atomic mass is 32.1. The average Bonchev–Trinajstić information content (AvgIpc) is 2.38. The number of anilines is 1. The first kappa shape index (κ1) is 14.3. The van der Waals surface area contributed by atoms with E-state index in [9.17, 15) is 0 Å². The van der Waals surface area contributed by atoms with E-state index >= 15 is 0 Å². The Balaban J connectivity index is 2.18. The number of hydrogen-bond donors (Lipinski definition) is 1. The summed E-state index contributed by atoms with van der Waals surface area (Å²) >= 11 is 5.06. The van der Waals surface area contributed by atoms with Gasteiger partial charge in [-0.2, -0.15) is 0 Å². The number of thiocarbonyl (C=S) groups is 1. The van der Waals surface area contributed by atoms with Crippen molar-refractivity contribution in [3.8, 4) is 0 Å². The third-order valence-corrected chi connectivity index (χ3v) is 4.31. The van der Waals surface area contributed by atoms with Crippen molar-refractivity contribution in [2.45, 2.75) is 26.3 Å². The molecule has 0 radical (unpaired) electrons. The van der Waals surface area contributed by atoms with Gasteiger partial charge in [-0.25, -0.2) is 0 Å². The Morgan fingerprint density at radius 1 is 1.42 bits per heavy atom. The molecule has 0 saturated carbocycles. The molecule has 1 unspecified atom stereocenters. The second kappa shape index (κ2) is 5.88. The molecule has 1 aromatic carbocycles. The second-order valence-corrected chi connectivity index (χ2v) is 5.79. The first-order valence-corrected chi connectivity index (χ1v) is 7.29. The van der Waals surface area contributed by atoms with Gasteiger partial charge >= 0.3 is 0 Å². The first-order valence-electron chi connectivity index (χ1n) is 6.88. The van der Waals surface area contributed by atoms with Gasteiger partial charge in [0, 0.05) is 36.9 Å². The number of aryl methyl sites for hydroxylation is 1. The van der Waals surface area contributed by atoms with Crippen molar-refractivity contribution in [2.75, 3.05) is 31.6 Å². The van der Waals surface area contributed by atoms with Gasteiger partial charge in [0.05, 0.1) is 0 Å². The van der Waals surface area contributed by atoms with Crippen LogP contribution in [0.1, 0.15) is 24.5 Å². The van der Waals surface area contributed by atoms with Gasteiger partial charge in [0.15, 0.2) is 0 Å². The summed E-state index contributed by atoms with van der Waals surface area (Å²) in [5.41, 5.74) is 9.15. The van der Waals surface area contributed by atoms with E-state index in [4.69, 9.17) is 18.0 Å². The highest BCUT2D eigenvalue weighted by Crippen LogP contribution is 2.22. The summed E-state index contributed by atoms with van der Waals surface area (Å²) in [6.45, 7) is 7.63. The topological polar surface area (TPSA) is 32.5 Å². The van der Waals surface area contributed by atoms with Gasteiger partial charge in [0.1, 0.15) is 4.99 Å². The van der Waals surface area contributed by atoms with Gasteiger partial charge in [-0.3, -0.25) is 4.90 Å². The quantitative estimate of drug-likeness (QED) is 0.858. The predicted octanol–water partition coefficient (Wildman–Crippen LogP) is 2.16. The molecular weight excluding hydrogens is 254 g/mol. The highest BCUT2D eigenvalue weighted by Gasteiger charge is 2.23. The van der Waals surface area contributed by atoms with Crippen LogP contribution >= 0.6 is 12.2 Å². The molecule has 1 aromatic rings. The van der Waals surface area contributed by atoms with Gasteiger partial charge in [-0.1, -0.05) is 19.1 Å². The Bertz CT molecular complexity index is 472. The molecule has 1 atom stereocenters. The van der Waals surface area contributed by atoms with E-state index in [1.54, 1.807) is 0 Å². The molecule has 2 N–H and O–H groups in total. The van der Waals surface area contributed by atoms with Crippen molar-refractivity contribution < 1.29 is 0 Å². The number of nitrogens with zero attached hydrogens (tertiary/aromatic N) is 2. The average molecular weight is 277 g/mol. The molecule has 0 amide bonds. The minimum atomic E-state index is 0.480. The van der Waals surface area contributed by atoms with Crippen LogP contribution in [0, 0.1) is 6.92 Å². The monoisotopic (exact) mass is 277 g/mol. The molecule has 4 heteroatoms. The molecule has 1 fully saturated rings. The molecule has 104 valence electrons. The lowest BCUT2D eigenvalue weighted by Gasteiger charge is -2.40. The fourth-order valence-electron chi connectivity index (χ4n) is 2.74. The minimum Gasteiger partial charge on any atom is -0.389 e. The number of benzene rings is 1. The molecule has 0 spiro atoms. The van der Waals surface area contributed by atoms with E-state index in [-0.39, 0.29) is 0 Å². The van der Waals surface area contributed by atoms with Gasteiger partial charge in [0.25, 0.3) is 0 Å². The van der Waals surface area contributed by atoms with Crippen molar-refractivity contribution in [2.24, 2.45) is 5.73 Å². The molecule has 1 saturated heterocycles. The van der Waals surface area contributed by atoms with Gasteiger partial charge in [0.2, 0.25) is 0 Å². The fraction of sp³-hybridized carbons (Fsp3) is 0.533. The van der Waals surface area contributed by atoms with Crippen molar-refractivity contribution in [3.05, 3.63) is 29.3 Å². The van der Waals surface area contributed by atoms with Crippen molar-refractivity contribution in [1.29, 1.82) is 0 Å². The van der Waals surface area contributed by atoms with E-state index < -0.39 is 0 Å². The SMILES string of the molecule is CCC1CN(c2ccc(C(N)=S)c(C)c2)CCN1C. The number of nitrogens with two attached hydrogens (primary N) is 1. The number of hydrogen-bond acceptors (Lipinski definition) is 3. The van der Waals surface area contributed by atoms with Crippen molar-refractivity contribution in [3.63, 3.8) is 0 Å². The highest BCUT2D eigenvalue weighted by molar-refractivity contribution is 7.80. The van der Waals surface area contributed by atoms with Crippen LogP contribution in [-0.4, -0.2) is 42.6 Å². The van der Waals surface area contributed by atoms with Gasteiger partial charge < -0.3 is 10.6 Å². The van der Waals surface area contributed by atoms with E-state index in [0.717, 1.165) is 30.8 Å². The van der Waals surface area contributed by atoms with Crippen LogP contribution < -0.4 is 10.6 Å². The fourth-order valence-corrected chi connectivity index (χ4v) is 2.97. The summed E-state index contributed by atoms with van der Waals surface area (Å²) in [7, 11) is 2.21. The zero-order chi connectivity index (χ0) is 14.0. The molecule has 1 heterocycles. The Labute approximate surface area is 121 Å². The summed E-state index contributed by atoms with van der Waals surface area (Å²) in [5, 5.41) is 0. The molecule has 0 bridgehead atoms. The standard InChI is InChI=1S/C15H23N3S/c1-4-12-10-18(8-7-17(12)3)13-5-6-14(15(16)19)11(2)9-13/h5-6,9,12H,4,7-8,10H2,1-3H3,(H2,16,19). The number of rotatable bonds is 3. The van der Waals surface area contributed by atoms with Crippen molar-refractivity contribution in [1.82, 2.24) is 4.90 Å². The smallest absolute Gasteiger partial charge is 0.104 e. The maximum atomic E-state index is 5.72. The zero-order valence-corrected chi connectivity index (χ0v) is 12.8. The van der Waals surface area contributed by atoms with E-state index in [1.807, 2.05) is 6.07 Å². The van der Waals surface area contributed by atoms with E-state index in [0.29, 0.717) is 11.0 Å². The Morgan fingerprint density at radius 3 is 2.74 bits per heavy atom. The minimum absolute atomic E-state index is 0.480. The number of piperazine rings is 1. The molecule has 0 aliphatic carbocycles. The van der Waals surface area contributed by atoms with Crippen LogP contribution in [0.4, 0.5) is 5.69 Å². The van der Waals surface area contributed by atoms with Gasteiger partial charge in [-0.15, -0.1) is 0 Å². The number of likely N-dealkylation sites (N-methyl/N-ethyl adjacent to an activating group) is 1. The van der Waals surface area contributed by atoms with Crippen molar-refractivity contribution >= 4 is 22.9 Å². The molecular formula is C15H23N3S. The predicted molar refractivity (Wildman–Crippen MR) is 86.0 cm³/mol. The van der Waals surface area contributed by atoms with Gasteiger partial charge in [-0.05, 0) is 44.2 Å². The van der Waals surface area contributed by atoms with E-state index in [2.05, 4.69) is 42.8 Å². The lowest BCUT2D eigenvalue weighted by molar-refractivity contribution is 0.213. The second-order valence-electron chi connectivity index (χ2n) is 5.35. The maximum absolute atomic E-state index is 5.72. The third kappa shape index (κ3) is 3.07. The normalized spacial score (nSPS) is 20.6. The Kier molecular flexibility index (Phi) is 4.42. The Hall–Kier alpha value is -1.13. The lowest BCUT2D eigenvalue weighted by atomic mass is 10.1. The summed E-state index contributed by atoms with van der Waals surface area (Å²) in [4.78, 5) is 5.39. The maximum Gasteiger partial charge on any atom is 0.104 e. The molecule has 2 rings (SSSR count). The lowest BCUT2D eigenvalue weighted by Crippen LogP contribution is -2.51. The van der Waals surface area contributed by atoms with E-state index in [1.165, 1.54) is 12.1 Å². The first-order chi connectivity index (χ1) is 9.02. The molecule has 1 aliphatic rings. The van der Waals surface area contributed by atoms with Crippen LogP contribution in [0.5, 0.6) is 0 Å². The molecule has 19 heavy (non-hydrogen) atoms. The van der Waals surface area contributed by atoms with Crippen LogP contribution in [-0.2, 0) is 0 Å².